The zero-order valence-electron chi connectivity index (χ0n) is 19.1. The Kier molecular flexibility index (Phi) is 6.52. The molecule has 0 aliphatic carbocycles. The van der Waals surface area contributed by atoms with Crippen LogP contribution in [0.4, 0.5) is 5.82 Å². The van der Waals surface area contributed by atoms with Gasteiger partial charge in [-0.25, -0.2) is 4.98 Å². The summed E-state index contributed by atoms with van der Waals surface area (Å²) in [7, 11) is 0. The van der Waals surface area contributed by atoms with Crippen LogP contribution in [0.25, 0.3) is 11.7 Å². The van der Waals surface area contributed by atoms with E-state index in [1.54, 1.807) is 21.6 Å². The number of thioether (sulfide) groups is 1. The molecule has 2 fully saturated rings. The van der Waals surface area contributed by atoms with Crippen LogP contribution in [0.1, 0.15) is 36.0 Å². The van der Waals surface area contributed by atoms with Gasteiger partial charge in [-0.15, -0.1) is 0 Å². The predicted molar refractivity (Wildman–Crippen MR) is 142 cm³/mol. The minimum absolute atomic E-state index is 0.149. The van der Waals surface area contributed by atoms with E-state index in [2.05, 4.69) is 4.90 Å². The third kappa shape index (κ3) is 4.52. The highest BCUT2D eigenvalue weighted by Crippen LogP contribution is 2.34. The average Bonchev–Trinajstić information content (AvgIpc) is 3.13. The Morgan fingerprint density at radius 2 is 1.82 bits per heavy atom. The molecule has 2 aromatic heterocycles. The predicted octanol–water partition coefficient (Wildman–Crippen LogP) is 4.44. The van der Waals surface area contributed by atoms with Crippen LogP contribution in [0.2, 0.25) is 0 Å². The van der Waals surface area contributed by atoms with Crippen LogP contribution in [0.15, 0.2) is 58.4 Å². The van der Waals surface area contributed by atoms with Gasteiger partial charge in [-0.05, 0) is 55.9 Å². The number of piperidine rings is 1. The maximum Gasteiger partial charge on any atom is 0.267 e. The molecule has 0 atom stereocenters. The van der Waals surface area contributed by atoms with E-state index in [9.17, 15) is 9.59 Å². The number of pyridine rings is 1. The lowest BCUT2D eigenvalue weighted by molar-refractivity contribution is -0.122. The van der Waals surface area contributed by atoms with Crippen molar-refractivity contribution in [2.45, 2.75) is 32.6 Å². The van der Waals surface area contributed by atoms with Crippen LogP contribution in [-0.2, 0) is 11.2 Å². The van der Waals surface area contributed by atoms with Gasteiger partial charge >= 0.3 is 0 Å². The molecule has 2 aliphatic rings. The van der Waals surface area contributed by atoms with E-state index in [1.807, 2.05) is 49.4 Å². The third-order valence-electron chi connectivity index (χ3n) is 6.26. The van der Waals surface area contributed by atoms with Gasteiger partial charge in [0.15, 0.2) is 0 Å². The fraction of sp³-hybridized carbons (Fsp3) is 0.308. The molecule has 1 amide bonds. The maximum absolute atomic E-state index is 13.6. The molecule has 4 heterocycles. The number of thiocarbonyl (C=S) groups is 1. The minimum atomic E-state index is -0.163. The summed E-state index contributed by atoms with van der Waals surface area (Å²) in [4.78, 5) is 36.0. The lowest BCUT2D eigenvalue weighted by Gasteiger charge is -2.29. The summed E-state index contributed by atoms with van der Waals surface area (Å²) in [5, 5.41) is 0. The highest BCUT2D eigenvalue weighted by molar-refractivity contribution is 8.26. The Hall–Kier alpha value is -2.97. The highest BCUT2D eigenvalue weighted by Gasteiger charge is 2.32. The zero-order valence-corrected chi connectivity index (χ0v) is 20.7. The Bertz CT molecular complexity index is 1340. The molecular weight excluding hydrogens is 464 g/mol. The molecule has 0 spiro atoms. The van der Waals surface area contributed by atoms with Crippen LogP contribution in [0.5, 0.6) is 0 Å². The third-order valence-corrected chi connectivity index (χ3v) is 7.63. The average molecular weight is 491 g/mol. The van der Waals surface area contributed by atoms with E-state index in [0.29, 0.717) is 32.8 Å². The number of rotatable bonds is 5. The maximum atomic E-state index is 13.6. The number of benzene rings is 1. The molecule has 0 unspecified atom stereocenters. The largest absolute Gasteiger partial charge is 0.356 e. The molecule has 34 heavy (non-hydrogen) atoms. The van der Waals surface area contributed by atoms with Crippen LogP contribution in [0, 0.1) is 6.92 Å². The van der Waals surface area contributed by atoms with Crippen LogP contribution in [0.3, 0.4) is 0 Å². The van der Waals surface area contributed by atoms with Crippen molar-refractivity contribution in [2.24, 2.45) is 0 Å². The van der Waals surface area contributed by atoms with Crippen molar-refractivity contribution in [3.05, 3.63) is 80.6 Å². The van der Waals surface area contributed by atoms with Crippen LogP contribution < -0.4 is 10.5 Å². The van der Waals surface area contributed by atoms with E-state index in [0.717, 1.165) is 43.5 Å². The van der Waals surface area contributed by atoms with Gasteiger partial charge in [-0.3, -0.25) is 18.9 Å². The van der Waals surface area contributed by atoms with Gasteiger partial charge in [0.25, 0.3) is 11.5 Å². The van der Waals surface area contributed by atoms with Crippen LogP contribution in [-0.4, -0.2) is 44.1 Å². The Morgan fingerprint density at radius 3 is 2.59 bits per heavy atom. The van der Waals surface area contributed by atoms with Crippen molar-refractivity contribution >= 4 is 51.7 Å². The molecular formula is C26H26N4O2S2. The summed E-state index contributed by atoms with van der Waals surface area (Å²) in [6.07, 6.45) is 7.53. The van der Waals surface area contributed by atoms with E-state index in [1.165, 1.54) is 18.2 Å². The lowest BCUT2D eigenvalue weighted by Crippen LogP contribution is -2.33. The van der Waals surface area contributed by atoms with Crippen molar-refractivity contribution < 1.29 is 4.79 Å². The number of aromatic nitrogens is 2. The molecule has 5 rings (SSSR count). The van der Waals surface area contributed by atoms with Crippen molar-refractivity contribution in [3.63, 3.8) is 0 Å². The second-order valence-corrected chi connectivity index (χ2v) is 10.4. The van der Waals surface area contributed by atoms with Gasteiger partial charge in [0.1, 0.15) is 15.8 Å². The number of hydrogen-bond donors (Lipinski definition) is 0. The number of amides is 1. The van der Waals surface area contributed by atoms with Crippen molar-refractivity contribution in [1.29, 1.82) is 0 Å². The molecule has 8 heteroatoms. The molecule has 1 aromatic carbocycles. The Morgan fingerprint density at radius 1 is 1.06 bits per heavy atom. The van der Waals surface area contributed by atoms with Crippen molar-refractivity contribution in [1.82, 2.24) is 14.3 Å². The van der Waals surface area contributed by atoms with Gasteiger partial charge in [-0.2, -0.15) is 0 Å². The van der Waals surface area contributed by atoms with Gasteiger partial charge in [0.05, 0.1) is 10.5 Å². The highest BCUT2D eigenvalue weighted by atomic mass is 32.2. The van der Waals surface area contributed by atoms with Crippen LogP contribution >= 0.6 is 24.0 Å². The molecule has 6 nitrogen and oxygen atoms in total. The number of fused-ring (bicyclic) bond motifs is 1. The van der Waals surface area contributed by atoms with Gasteiger partial charge in [0.2, 0.25) is 0 Å². The summed E-state index contributed by atoms with van der Waals surface area (Å²) >= 11 is 6.79. The van der Waals surface area contributed by atoms with E-state index in [4.69, 9.17) is 17.2 Å². The Labute approximate surface area is 208 Å². The summed E-state index contributed by atoms with van der Waals surface area (Å²) in [5.41, 5.74) is 3.03. The first kappa shape index (κ1) is 22.8. The molecule has 0 bridgehead atoms. The Balaban J connectivity index is 1.52. The molecule has 0 N–H and O–H groups in total. The molecule has 2 saturated heterocycles. The molecule has 3 aromatic rings. The van der Waals surface area contributed by atoms with E-state index < -0.39 is 0 Å². The summed E-state index contributed by atoms with van der Waals surface area (Å²) < 4.78 is 2.10. The minimum Gasteiger partial charge on any atom is -0.356 e. The number of nitrogens with zero attached hydrogens (tertiary/aromatic N) is 4. The number of carbonyl (C=O) groups excluding carboxylic acids is 1. The van der Waals surface area contributed by atoms with E-state index >= 15 is 0 Å². The van der Waals surface area contributed by atoms with Gasteiger partial charge in [-0.1, -0.05) is 60.4 Å². The van der Waals surface area contributed by atoms with Gasteiger partial charge < -0.3 is 4.90 Å². The SMILES string of the molecule is Cc1ccc2nc(N3CCCCC3)c(/C=C3\SC(=S)N(CCc4ccccc4)C3=O)c(=O)n2c1. The molecule has 174 valence electrons. The van der Waals surface area contributed by atoms with E-state index in [-0.39, 0.29) is 11.5 Å². The smallest absolute Gasteiger partial charge is 0.267 e. The van der Waals surface area contributed by atoms with Crippen molar-refractivity contribution in [3.8, 4) is 0 Å². The fourth-order valence-corrected chi connectivity index (χ4v) is 5.72. The first-order valence-electron chi connectivity index (χ1n) is 11.6. The normalized spacial score (nSPS) is 17.9. The lowest BCUT2D eigenvalue weighted by atomic mass is 10.1. The quantitative estimate of drug-likeness (QED) is 0.389. The second kappa shape index (κ2) is 9.72. The zero-order chi connectivity index (χ0) is 23.7. The molecule has 0 saturated carbocycles. The number of carbonyl (C=O) groups is 1. The van der Waals surface area contributed by atoms with Gasteiger partial charge in [0, 0.05) is 25.8 Å². The first-order valence-corrected chi connectivity index (χ1v) is 12.8. The molecule has 2 aliphatic heterocycles. The number of hydrogen-bond acceptors (Lipinski definition) is 6. The first-order chi connectivity index (χ1) is 16.5. The summed E-state index contributed by atoms with van der Waals surface area (Å²) in [6, 6.07) is 13.9. The summed E-state index contributed by atoms with van der Waals surface area (Å²) in [6.45, 7) is 4.17. The monoisotopic (exact) mass is 490 g/mol. The number of anilines is 1. The standard InChI is InChI=1S/C26H26N4O2S2/c1-18-10-11-22-27-23(28-13-6-3-7-14-28)20(24(31)30(22)17-18)16-21-25(32)29(26(33)34-21)15-12-19-8-4-2-5-9-19/h2,4-5,8-11,16-17H,3,6-7,12-15H2,1H3/b21-16-. The topological polar surface area (TPSA) is 57.9 Å². The number of aryl methyl sites for hydroxylation is 1. The summed E-state index contributed by atoms with van der Waals surface area (Å²) in [5.74, 6) is 0.507. The second-order valence-electron chi connectivity index (χ2n) is 8.71. The van der Waals surface area contributed by atoms with Crippen molar-refractivity contribution in [2.75, 3.05) is 24.5 Å². The fourth-order valence-electron chi connectivity index (χ4n) is 4.43. The molecule has 0 radical (unpaired) electrons.